The molecule has 1 amide bonds. The lowest BCUT2D eigenvalue weighted by atomic mass is 10.1. The van der Waals surface area contributed by atoms with Crippen molar-refractivity contribution in [2.75, 3.05) is 12.4 Å². The van der Waals surface area contributed by atoms with E-state index in [0.717, 1.165) is 0 Å². The molecule has 0 saturated heterocycles. The number of hydrogen-bond acceptors (Lipinski definition) is 4. The maximum Gasteiger partial charge on any atom is 0.303 e. The van der Waals surface area contributed by atoms with E-state index in [0.29, 0.717) is 29.8 Å². The lowest BCUT2D eigenvalue weighted by Gasteiger charge is -2.11. The molecule has 0 aliphatic heterocycles. The number of nitriles is 1. The molecule has 2 N–H and O–H groups in total. The summed E-state index contributed by atoms with van der Waals surface area (Å²) in [4.78, 5) is 22.1. The Balaban J connectivity index is 2.62. The Morgan fingerprint density at radius 3 is 2.65 bits per heavy atom. The number of ether oxygens (including phenoxy) is 1. The third kappa shape index (κ3) is 4.61. The maximum absolute atomic E-state index is 11.8. The van der Waals surface area contributed by atoms with E-state index in [9.17, 15) is 9.59 Å². The van der Waals surface area contributed by atoms with Crippen molar-refractivity contribution in [3.63, 3.8) is 0 Å². The van der Waals surface area contributed by atoms with Gasteiger partial charge < -0.3 is 15.2 Å². The molecule has 0 fully saturated rings. The third-order valence-electron chi connectivity index (χ3n) is 2.68. The van der Waals surface area contributed by atoms with E-state index in [-0.39, 0.29) is 18.7 Å². The molecule has 0 atom stereocenters. The van der Waals surface area contributed by atoms with Gasteiger partial charge >= 0.3 is 5.97 Å². The van der Waals surface area contributed by atoms with Crippen LogP contribution in [0.5, 0.6) is 5.75 Å². The molecule has 6 heteroatoms. The van der Waals surface area contributed by atoms with Gasteiger partial charge in [0, 0.05) is 12.8 Å². The van der Waals surface area contributed by atoms with Gasteiger partial charge in [0.05, 0.1) is 12.7 Å². The third-order valence-corrected chi connectivity index (χ3v) is 2.68. The van der Waals surface area contributed by atoms with Gasteiger partial charge in [0.15, 0.2) is 0 Å². The fourth-order valence-electron chi connectivity index (χ4n) is 1.69. The Labute approximate surface area is 117 Å². The highest BCUT2D eigenvalue weighted by atomic mass is 16.5. The van der Waals surface area contributed by atoms with Gasteiger partial charge in [0.25, 0.3) is 0 Å². The number of nitrogens with one attached hydrogen (secondary N) is 1. The molecule has 0 aromatic heterocycles. The number of rotatable bonds is 7. The smallest absolute Gasteiger partial charge is 0.303 e. The van der Waals surface area contributed by atoms with E-state index in [1.165, 1.54) is 7.11 Å². The number of methoxy groups -OCH3 is 1. The van der Waals surface area contributed by atoms with Crippen molar-refractivity contribution >= 4 is 17.6 Å². The minimum atomic E-state index is -0.873. The maximum atomic E-state index is 11.8. The number of carboxylic acids is 1. The number of nitrogens with zero attached hydrogens (tertiary/aromatic N) is 1. The number of carbonyl (C=O) groups is 2. The molecule has 0 bridgehead atoms. The molecule has 6 nitrogen and oxygen atoms in total. The molecule has 106 valence electrons. The number of anilines is 1. The average Bonchev–Trinajstić information content (AvgIpc) is 2.43. The Bertz CT molecular complexity index is 534. The van der Waals surface area contributed by atoms with Gasteiger partial charge in [-0.2, -0.15) is 5.26 Å². The molecular weight excluding hydrogens is 260 g/mol. The van der Waals surface area contributed by atoms with Crippen molar-refractivity contribution in [1.29, 1.82) is 5.26 Å². The first-order chi connectivity index (χ1) is 9.58. The first-order valence-electron chi connectivity index (χ1n) is 6.17. The second kappa shape index (κ2) is 7.79. The average molecular weight is 276 g/mol. The summed E-state index contributed by atoms with van der Waals surface area (Å²) in [5.41, 5.74) is 0.670. The summed E-state index contributed by atoms with van der Waals surface area (Å²) in [6, 6.07) is 6.89. The topological polar surface area (TPSA) is 99.4 Å². The van der Waals surface area contributed by atoms with Crippen molar-refractivity contribution in [2.24, 2.45) is 0 Å². The Morgan fingerprint density at radius 1 is 1.35 bits per heavy atom. The van der Waals surface area contributed by atoms with Gasteiger partial charge in [-0.25, -0.2) is 0 Å². The van der Waals surface area contributed by atoms with Crippen molar-refractivity contribution in [3.05, 3.63) is 23.8 Å². The molecule has 0 aliphatic rings. The van der Waals surface area contributed by atoms with Crippen molar-refractivity contribution in [1.82, 2.24) is 0 Å². The van der Waals surface area contributed by atoms with E-state index in [1.807, 2.05) is 6.07 Å². The number of para-hydroxylation sites is 1. The van der Waals surface area contributed by atoms with Crippen LogP contribution in [0.15, 0.2) is 18.2 Å². The second-order valence-corrected chi connectivity index (χ2v) is 4.14. The summed E-state index contributed by atoms with van der Waals surface area (Å²) in [7, 11) is 1.46. The first kappa shape index (κ1) is 15.5. The molecule has 0 radical (unpaired) electrons. The summed E-state index contributed by atoms with van der Waals surface area (Å²) in [5.74, 6) is -0.721. The number of unbranched alkanes of at least 4 members (excludes halogenated alkanes) is 1. The fourth-order valence-corrected chi connectivity index (χ4v) is 1.69. The van der Waals surface area contributed by atoms with E-state index >= 15 is 0 Å². The van der Waals surface area contributed by atoms with Gasteiger partial charge in [-0.05, 0) is 25.0 Å². The van der Waals surface area contributed by atoms with Gasteiger partial charge in [0.2, 0.25) is 5.91 Å². The van der Waals surface area contributed by atoms with Crippen LogP contribution < -0.4 is 10.1 Å². The molecule has 1 aromatic rings. The van der Waals surface area contributed by atoms with E-state index in [2.05, 4.69) is 5.32 Å². The fraction of sp³-hybridized carbons (Fsp3) is 0.357. The zero-order valence-electron chi connectivity index (χ0n) is 11.2. The summed E-state index contributed by atoms with van der Waals surface area (Å²) in [6.45, 7) is 0. The number of amides is 1. The molecule has 1 rings (SSSR count). The van der Waals surface area contributed by atoms with Crippen LogP contribution in [0.25, 0.3) is 0 Å². The molecule has 0 aliphatic carbocycles. The largest absolute Gasteiger partial charge is 0.495 e. The van der Waals surface area contributed by atoms with Crippen molar-refractivity contribution < 1.29 is 19.4 Å². The van der Waals surface area contributed by atoms with Crippen LogP contribution in [0, 0.1) is 11.3 Å². The number of aliphatic carboxylic acids is 1. The quantitative estimate of drug-likeness (QED) is 0.743. The Morgan fingerprint density at radius 2 is 2.05 bits per heavy atom. The van der Waals surface area contributed by atoms with Gasteiger partial charge in [-0.15, -0.1) is 0 Å². The molecule has 0 spiro atoms. The Kier molecular flexibility index (Phi) is 6.04. The molecule has 20 heavy (non-hydrogen) atoms. The number of hydrogen-bond donors (Lipinski definition) is 2. The van der Waals surface area contributed by atoms with Crippen LogP contribution in [0.1, 0.15) is 31.2 Å². The van der Waals surface area contributed by atoms with Crippen LogP contribution in [0.3, 0.4) is 0 Å². The summed E-state index contributed by atoms with van der Waals surface area (Å²) >= 11 is 0. The standard InChI is InChI=1S/C14H16N2O4/c1-20-11-6-4-5-10(9-15)14(11)16-12(17)7-2-3-8-13(18)19/h4-6H,2-3,7-8H2,1H3,(H,16,17)(H,18,19). The van der Waals surface area contributed by atoms with Crippen molar-refractivity contribution in [2.45, 2.75) is 25.7 Å². The van der Waals surface area contributed by atoms with Crippen LogP contribution in [0.2, 0.25) is 0 Å². The van der Waals surface area contributed by atoms with E-state index < -0.39 is 5.97 Å². The highest BCUT2D eigenvalue weighted by molar-refractivity contribution is 5.93. The van der Waals surface area contributed by atoms with Crippen LogP contribution >= 0.6 is 0 Å². The summed E-state index contributed by atoms with van der Waals surface area (Å²) < 4.78 is 5.10. The number of carboxylic acid groups (broad SMARTS) is 1. The lowest BCUT2D eigenvalue weighted by molar-refractivity contribution is -0.137. The molecule has 0 heterocycles. The minimum absolute atomic E-state index is 0.0470. The highest BCUT2D eigenvalue weighted by Gasteiger charge is 2.12. The predicted octanol–water partition coefficient (Wildman–Crippen LogP) is 2.15. The summed E-state index contributed by atoms with van der Waals surface area (Å²) in [6.07, 6.45) is 1.18. The SMILES string of the molecule is COc1cccc(C#N)c1NC(=O)CCCCC(=O)O. The van der Waals surface area contributed by atoms with Crippen molar-refractivity contribution in [3.8, 4) is 11.8 Å². The van der Waals surface area contributed by atoms with Gasteiger partial charge in [0.1, 0.15) is 17.5 Å². The van der Waals surface area contributed by atoms with E-state index in [4.69, 9.17) is 15.1 Å². The van der Waals surface area contributed by atoms with Crippen LogP contribution in [-0.4, -0.2) is 24.1 Å². The molecular formula is C14H16N2O4. The zero-order valence-corrected chi connectivity index (χ0v) is 11.2. The van der Waals surface area contributed by atoms with Crippen LogP contribution in [0.4, 0.5) is 5.69 Å². The zero-order chi connectivity index (χ0) is 15.0. The van der Waals surface area contributed by atoms with Gasteiger partial charge in [-0.1, -0.05) is 6.07 Å². The molecule has 0 unspecified atom stereocenters. The lowest BCUT2D eigenvalue weighted by Crippen LogP contribution is -2.13. The van der Waals surface area contributed by atoms with Gasteiger partial charge in [-0.3, -0.25) is 9.59 Å². The summed E-state index contributed by atoms with van der Waals surface area (Å²) in [5, 5.41) is 20.1. The Hall–Kier alpha value is -2.55. The number of benzene rings is 1. The first-order valence-corrected chi connectivity index (χ1v) is 6.17. The normalized spacial score (nSPS) is 9.60. The molecule has 1 aromatic carbocycles. The number of carbonyl (C=O) groups excluding carboxylic acids is 1. The predicted molar refractivity (Wildman–Crippen MR) is 72.4 cm³/mol. The monoisotopic (exact) mass is 276 g/mol. The highest BCUT2D eigenvalue weighted by Crippen LogP contribution is 2.27. The molecule has 0 saturated carbocycles. The van der Waals surface area contributed by atoms with E-state index in [1.54, 1.807) is 18.2 Å². The minimum Gasteiger partial charge on any atom is -0.495 e. The second-order valence-electron chi connectivity index (χ2n) is 4.14. The van der Waals surface area contributed by atoms with Crippen LogP contribution in [-0.2, 0) is 9.59 Å².